The van der Waals surface area contributed by atoms with E-state index in [1.165, 1.54) is 12.3 Å². The molecule has 3 fully saturated rings. The topological polar surface area (TPSA) is 80.6 Å². The van der Waals surface area contributed by atoms with Crippen LogP contribution in [0.2, 0.25) is 0 Å². The van der Waals surface area contributed by atoms with Crippen molar-refractivity contribution in [2.45, 2.75) is 64.1 Å². The zero-order chi connectivity index (χ0) is 24.7. The van der Waals surface area contributed by atoms with Crippen molar-refractivity contribution < 1.29 is 23.1 Å². The summed E-state index contributed by atoms with van der Waals surface area (Å²) in [5, 5.41) is 2.55. The molecule has 0 atom stereocenters. The first kappa shape index (κ1) is 23.5. The minimum Gasteiger partial charge on any atom is -0.487 e. The first-order chi connectivity index (χ1) is 16.8. The van der Waals surface area contributed by atoms with Crippen LogP contribution in [-0.4, -0.2) is 40.0 Å². The molecule has 3 aliphatic heterocycles. The number of halogens is 2. The lowest BCUT2D eigenvalue weighted by atomic mass is 9.69. The normalized spacial score (nSPS) is 22.5. The zero-order valence-corrected chi connectivity index (χ0v) is 19.7. The number of fused-ring (bicyclic) bond motifs is 3. The van der Waals surface area contributed by atoms with Crippen molar-refractivity contribution in [2.75, 3.05) is 13.2 Å². The van der Waals surface area contributed by atoms with Crippen LogP contribution in [0.1, 0.15) is 71.9 Å². The van der Waals surface area contributed by atoms with Crippen LogP contribution in [0.4, 0.5) is 8.78 Å². The summed E-state index contributed by atoms with van der Waals surface area (Å²) in [7, 11) is 0. The van der Waals surface area contributed by atoms with E-state index in [1.807, 2.05) is 11.8 Å². The molecule has 2 bridgehead atoms. The van der Waals surface area contributed by atoms with Gasteiger partial charge in [0.2, 0.25) is 5.43 Å². The van der Waals surface area contributed by atoms with Crippen molar-refractivity contribution in [3.8, 4) is 5.75 Å². The lowest BCUT2D eigenvalue weighted by Gasteiger charge is -2.57. The molecule has 0 radical (unpaired) electrons. The van der Waals surface area contributed by atoms with Gasteiger partial charge in [-0.05, 0) is 44.1 Å². The molecular weight excluding hydrogens is 456 g/mol. The van der Waals surface area contributed by atoms with Gasteiger partial charge in [-0.2, -0.15) is 0 Å². The molecule has 35 heavy (non-hydrogen) atoms. The lowest BCUT2D eigenvalue weighted by Crippen LogP contribution is -2.65. The molecule has 2 saturated heterocycles. The number of hydrogen-bond donors (Lipinski definition) is 1. The monoisotopic (exact) mass is 485 g/mol. The quantitative estimate of drug-likeness (QED) is 0.608. The van der Waals surface area contributed by atoms with Crippen molar-refractivity contribution in [3.63, 3.8) is 0 Å². The molecule has 4 heterocycles. The maximum absolute atomic E-state index is 14.0. The van der Waals surface area contributed by atoms with Gasteiger partial charge in [-0.1, -0.05) is 19.4 Å². The maximum atomic E-state index is 14.0. The molecule has 9 heteroatoms. The molecule has 2 aromatic rings. The van der Waals surface area contributed by atoms with E-state index in [4.69, 9.17) is 4.74 Å². The van der Waals surface area contributed by atoms with E-state index < -0.39 is 23.0 Å². The minimum atomic E-state index is -0.784. The highest BCUT2D eigenvalue weighted by Crippen LogP contribution is 2.47. The molecule has 0 unspecified atom stereocenters. The molecule has 186 valence electrons. The van der Waals surface area contributed by atoms with Gasteiger partial charge in [0.15, 0.2) is 11.4 Å². The molecule has 6 rings (SSSR count). The molecular formula is C26H29F2N3O4. The van der Waals surface area contributed by atoms with Gasteiger partial charge in [-0.25, -0.2) is 8.78 Å². The Morgan fingerprint density at radius 1 is 1.23 bits per heavy atom. The number of pyridine rings is 1. The number of aromatic nitrogens is 1. The number of amides is 2. The highest BCUT2D eigenvalue weighted by atomic mass is 19.1. The second kappa shape index (κ2) is 9.09. The Kier molecular flexibility index (Phi) is 6.11. The number of carbonyl (C=O) groups excluding carboxylic acids is 2. The average Bonchev–Trinajstić information content (AvgIpc) is 2.85. The van der Waals surface area contributed by atoms with E-state index in [0.29, 0.717) is 25.4 Å². The van der Waals surface area contributed by atoms with Gasteiger partial charge >= 0.3 is 0 Å². The first-order valence-corrected chi connectivity index (χ1v) is 12.3. The number of benzene rings is 1. The van der Waals surface area contributed by atoms with Crippen LogP contribution in [0.15, 0.2) is 29.2 Å². The van der Waals surface area contributed by atoms with E-state index in [2.05, 4.69) is 5.32 Å². The average molecular weight is 486 g/mol. The Morgan fingerprint density at radius 3 is 2.71 bits per heavy atom. The second-order valence-electron chi connectivity index (χ2n) is 9.88. The highest BCUT2D eigenvalue weighted by Gasteiger charge is 2.52. The van der Waals surface area contributed by atoms with Gasteiger partial charge in [0.25, 0.3) is 11.8 Å². The Bertz CT molecular complexity index is 1230. The molecule has 1 aromatic heterocycles. The summed E-state index contributed by atoms with van der Waals surface area (Å²) in [6.07, 6.45) is 6.90. The predicted molar refractivity (Wildman–Crippen MR) is 124 cm³/mol. The third-order valence-electron chi connectivity index (χ3n) is 7.64. The molecule has 1 spiro atoms. The van der Waals surface area contributed by atoms with Crippen molar-refractivity contribution in [2.24, 2.45) is 5.92 Å². The number of hydrogen-bond acceptors (Lipinski definition) is 4. The van der Waals surface area contributed by atoms with Gasteiger partial charge in [-0.3, -0.25) is 14.4 Å². The van der Waals surface area contributed by atoms with Gasteiger partial charge in [-0.15, -0.1) is 0 Å². The molecule has 4 aliphatic rings. The Hall–Kier alpha value is -3.23. The summed E-state index contributed by atoms with van der Waals surface area (Å²) in [6.45, 7) is 3.22. The van der Waals surface area contributed by atoms with E-state index in [9.17, 15) is 23.2 Å². The Labute approximate surface area is 202 Å². The Balaban J connectivity index is 1.50. The van der Waals surface area contributed by atoms with Crippen molar-refractivity contribution >= 4 is 11.8 Å². The number of nitrogens with one attached hydrogen (secondary N) is 1. The van der Waals surface area contributed by atoms with Gasteiger partial charge in [0.1, 0.15) is 17.2 Å². The number of nitrogens with zero attached hydrogens (tertiary/aromatic N) is 2. The smallest absolute Gasteiger partial charge is 0.275 e. The van der Waals surface area contributed by atoms with Crippen LogP contribution in [0, 0.1) is 17.6 Å². The summed E-state index contributed by atoms with van der Waals surface area (Å²) in [6, 6.07) is 3.09. The lowest BCUT2D eigenvalue weighted by molar-refractivity contribution is -0.0390. The number of carbonyl (C=O) groups is 2. The molecule has 1 aromatic carbocycles. The first-order valence-electron chi connectivity index (χ1n) is 12.3. The number of unbranched alkanes of at least 4 members (excludes halogenated alkanes) is 1. The zero-order valence-electron chi connectivity index (χ0n) is 19.7. The third kappa shape index (κ3) is 4.10. The summed E-state index contributed by atoms with van der Waals surface area (Å²) in [5.41, 5.74) is -0.827. The van der Waals surface area contributed by atoms with Crippen molar-refractivity contribution in [3.05, 3.63) is 63.1 Å². The minimum absolute atomic E-state index is 0.0969. The van der Waals surface area contributed by atoms with Crippen molar-refractivity contribution in [1.29, 1.82) is 0 Å². The van der Waals surface area contributed by atoms with Crippen LogP contribution in [0.5, 0.6) is 5.75 Å². The highest BCUT2D eigenvalue weighted by molar-refractivity contribution is 5.99. The fourth-order valence-corrected chi connectivity index (χ4v) is 5.64. The van der Waals surface area contributed by atoms with Crippen molar-refractivity contribution in [1.82, 2.24) is 14.8 Å². The van der Waals surface area contributed by atoms with Gasteiger partial charge in [0, 0.05) is 37.5 Å². The third-order valence-corrected chi connectivity index (χ3v) is 7.64. The fourth-order valence-electron chi connectivity index (χ4n) is 5.64. The molecule has 7 nitrogen and oxygen atoms in total. The predicted octanol–water partition coefficient (Wildman–Crippen LogP) is 3.63. The van der Waals surface area contributed by atoms with E-state index >= 15 is 0 Å². The van der Waals surface area contributed by atoms with E-state index in [1.54, 1.807) is 4.57 Å². The van der Waals surface area contributed by atoms with Gasteiger partial charge < -0.3 is 19.5 Å². The molecule has 1 aliphatic carbocycles. The standard InChI is InChI=1S/C26H29F2N3O4/c1-2-3-10-35-23-21-25(34)31-13-16-6-8-26(31,9-7-16)15-30(21)14-19(22(23)32)24(33)29-12-17-4-5-18(27)11-20(17)28/h4-5,11,14,16H,2-3,6-10,12-13,15H2,1H3,(H,29,33). The molecule has 2 amide bonds. The summed E-state index contributed by atoms with van der Waals surface area (Å²) >= 11 is 0. The number of piperidine rings is 2. The summed E-state index contributed by atoms with van der Waals surface area (Å²) in [4.78, 5) is 41.9. The SMILES string of the molecule is CCCCOc1c2n(cc(C(=O)NCc3ccc(F)cc3F)c1=O)CC13CCC(CC1)CN3C2=O. The number of ether oxygens (including phenoxy) is 1. The summed E-state index contributed by atoms with van der Waals surface area (Å²) in [5.74, 6) is -2.03. The molecule has 1 N–H and O–H groups in total. The summed E-state index contributed by atoms with van der Waals surface area (Å²) < 4.78 is 34.7. The van der Waals surface area contributed by atoms with E-state index in [-0.39, 0.29) is 47.2 Å². The second-order valence-corrected chi connectivity index (χ2v) is 9.88. The fraction of sp³-hybridized carbons (Fsp3) is 0.500. The molecule has 1 saturated carbocycles. The van der Waals surface area contributed by atoms with E-state index in [0.717, 1.165) is 44.2 Å². The van der Waals surface area contributed by atoms with Crippen LogP contribution in [0.3, 0.4) is 0 Å². The van der Waals surface area contributed by atoms with Crippen LogP contribution < -0.4 is 15.5 Å². The maximum Gasteiger partial charge on any atom is 0.275 e. The number of rotatable bonds is 7. The van der Waals surface area contributed by atoms with Gasteiger partial charge in [0.05, 0.1) is 12.1 Å². The van der Waals surface area contributed by atoms with Crippen LogP contribution in [-0.2, 0) is 13.1 Å². The van der Waals surface area contributed by atoms with Crippen LogP contribution >= 0.6 is 0 Å². The largest absolute Gasteiger partial charge is 0.487 e. The Morgan fingerprint density at radius 2 is 2.00 bits per heavy atom. The van der Waals surface area contributed by atoms with Crippen LogP contribution in [0.25, 0.3) is 0 Å².